The topological polar surface area (TPSA) is 83.3 Å². The van der Waals surface area contributed by atoms with Crippen molar-refractivity contribution in [3.8, 4) is 0 Å². The number of urea groups is 1. The lowest BCUT2D eigenvalue weighted by Crippen LogP contribution is -2.44. The Balaban J connectivity index is 1.51. The molecule has 2 aromatic rings. The van der Waals surface area contributed by atoms with Crippen LogP contribution in [-0.2, 0) is 6.54 Å². The summed E-state index contributed by atoms with van der Waals surface area (Å²) in [7, 11) is 0. The van der Waals surface area contributed by atoms with E-state index in [9.17, 15) is 9.18 Å². The van der Waals surface area contributed by atoms with E-state index in [4.69, 9.17) is 4.42 Å². The summed E-state index contributed by atoms with van der Waals surface area (Å²) in [6.45, 7) is 0.906. The zero-order chi connectivity index (χ0) is 16.1. The van der Waals surface area contributed by atoms with Crippen molar-refractivity contribution in [2.24, 2.45) is 0 Å². The molecule has 1 saturated heterocycles. The number of hydrogen-bond acceptors (Lipinski definition) is 5. The second kappa shape index (κ2) is 7.08. The van der Waals surface area contributed by atoms with Crippen LogP contribution < -0.4 is 15.5 Å². The number of amides is 2. The number of anilines is 1. The summed E-state index contributed by atoms with van der Waals surface area (Å²) in [4.78, 5) is 13.7. The molecular formula is C15H18FN5O2. The van der Waals surface area contributed by atoms with Crippen LogP contribution in [0.25, 0.3) is 0 Å². The molecule has 7 nitrogen and oxygen atoms in total. The summed E-state index contributed by atoms with van der Waals surface area (Å²) in [5.74, 6) is 1.29. The van der Waals surface area contributed by atoms with E-state index in [1.165, 1.54) is 0 Å². The minimum atomic E-state index is -0.935. The smallest absolute Gasteiger partial charge is 0.315 e. The Kier molecular flexibility index (Phi) is 4.70. The molecule has 1 fully saturated rings. The van der Waals surface area contributed by atoms with E-state index in [2.05, 4.69) is 20.8 Å². The normalized spacial score (nSPS) is 20.5. The second-order valence-electron chi connectivity index (χ2n) is 5.36. The highest BCUT2D eigenvalue weighted by Crippen LogP contribution is 2.24. The maximum atomic E-state index is 13.7. The van der Waals surface area contributed by atoms with Crippen LogP contribution in [0.5, 0.6) is 0 Å². The van der Waals surface area contributed by atoms with Crippen molar-refractivity contribution in [3.05, 3.63) is 42.5 Å². The van der Waals surface area contributed by atoms with Crippen molar-refractivity contribution in [1.82, 2.24) is 20.8 Å². The highest BCUT2D eigenvalue weighted by molar-refractivity contribution is 5.73. The van der Waals surface area contributed by atoms with Gasteiger partial charge in [-0.25, -0.2) is 9.18 Å². The molecule has 2 atom stereocenters. The number of aromatic nitrogens is 2. The van der Waals surface area contributed by atoms with E-state index in [-0.39, 0.29) is 18.6 Å². The second-order valence-corrected chi connectivity index (χ2v) is 5.36. The van der Waals surface area contributed by atoms with Gasteiger partial charge in [0.1, 0.15) is 11.9 Å². The molecule has 2 amide bonds. The first-order chi connectivity index (χ1) is 11.2. The molecule has 3 rings (SSSR count). The van der Waals surface area contributed by atoms with Crippen LogP contribution in [0.3, 0.4) is 0 Å². The molecule has 8 heteroatoms. The first-order valence-corrected chi connectivity index (χ1v) is 7.45. The van der Waals surface area contributed by atoms with Crippen molar-refractivity contribution in [3.63, 3.8) is 0 Å². The van der Waals surface area contributed by atoms with Gasteiger partial charge in [-0.05, 0) is 24.3 Å². The van der Waals surface area contributed by atoms with E-state index in [0.717, 1.165) is 0 Å². The number of carbonyl (C=O) groups is 1. The Morgan fingerprint density at radius 3 is 3.04 bits per heavy atom. The lowest BCUT2D eigenvalue weighted by molar-refractivity contribution is 0.238. The van der Waals surface area contributed by atoms with Gasteiger partial charge in [-0.3, -0.25) is 0 Å². The molecule has 0 bridgehead atoms. The Labute approximate surface area is 132 Å². The van der Waals surface area contributed by atoms with E-state index >= 15 is 0 Å². The van der Waals surface area contributed by atoms with Gasteiger partial charge in [0.05, 0.1) is 25.4 Å². The van der Waals surface area contributed by atoms with Crippen LogP contribution in [0.15, 0.2) is 41.1 Å². The third-order valence-electron chi connectivity index (χ3n) is 3.72. The van der Waals surface area contributed by atoms with Crippen molar-refractivity contribution in [1.29, 1.82) is 0 Å². The van der Waals surface area contributed by atoms with Gasteiger partial charge in [-0.1, -0.05) is 0 Å². The maximum absolute atomic E-state index is 13.7. The fraction of sp³-hybridized carbons (Fsp3) is 0.400. The van der Waals surface area contributed by atoms with Crippen LogP contribution in [0.2, 0.25) is 0 Å². The summed E-state index contributed by atoms with van der Waals surface area (Å²) >= 11 is 0. The zero-order valence-electron chi connectivity index (χ0n) is 12.5. The average Bonchev–Trinajstić information content (AvgIpc) is 3.21. The maximum Gasteiger partial charge on any atom is 0.315 e. The SMILES string of the molecule is O=C(NCc1ccco1)NC[C@@H]1C[C@H](F)CN1c1cccnn1. The molecule has 0 saturated carbocycles. The van der Waals surface area contributed by atoms with Gasteiger partial charge >= 0.3 is 6.03 Å². The standard InChI is InChI=1S/C15H18FN5O2/c16-11-7-12(21(10-11)14-4-1-5-19-20-14)8-17-15(22)18-9-13-3-2-6-23-13/h1-6,11-12H,7-10H2,(H2,17,18,22)/t11-,12-/m0/s1. The van der Waals surface area contributed by atoms with Gasteiger partial charge in [0, 0.05) is 19.2 Å². The van der Waals surface area contributed by atoms with Crippen molar-refractivity contribution < 1.29 is 13.6 Å². The van der Waals surface area contributed by atoms with Crippen molar-refractivity contribution in [2.45, 2.75) is 25.2 Å². The lowest BCUT2D eigenvalue weighted by Gasteiger charge is -2.24. The van der Waals surface area contributed by atoms with E-state index in [1.54, 1.807) is 36.7 Å². The number of halogens is 1. The van der Waals surface area contributed by atoms with Gasteiger partial charge in [-0.15, -0.1) is 5.10 Å². The molecular weight excluding hydrogens is 301 g/mol. The van der Waals surface area contributed by atoms with Gasteiger partial charge in [0.25, 0.3) is 0 Å². The molecule has 0 radical (unpaired) electrons. The van der Waals surface area contributed by atoms with Crippen molar-refractivity contribution in [2.75, 3.05) is 18.0 Å². The largest absolute Gasteiger partial charge is 0.467 e. The monoisotopic (exact) mass is 319 g/mol. The zero-order valence-corrected chi connectivity index (χ0v) is 12.5. The molecule has 122 valence electrons. The lowest BCUT2D eigenvalue weighted by atomic mass is 10.2. The van der Waals surface area contributed by atoms with E-state index in [0.29, 0.717) is 31.1 Å². The molecule has 2 aromatic heterocycles. The fourth-order valence-electron chi connectivity index (χ4n) is 2.63. The van der Waals surface area contributed by atoms with Crippen molar-refractivity contribution >= 4 is 11.8 Å². The van der Waals surface area contributed by atoms with Gasteiger partial charge in [0.15, 0.2) is 5.82 Å². The third-order valence-corrected chi connectivity index (χ3v) is 3.72. The summed E-state index contributed by atoms with van der Waals surface area (Å²) in [6, 6.07) is 6.62. The highest BCUT2D eigenvalue weighted by atomic mass is 19.1. The number of furan rings is 1. The molecule has 0 aromatic carbocycles. The van der Waals surface area contributed by atoms with E-state index in [1.807, 2.05) is 4.90 Å². The van der Waals surface area contributed by atoms with Gasteiger partial charge in [0.2, 0.25) is 0 Å². The van der Waals surface area contributed by atoms with Crippen LogP contribution in [0.1, 0.15) is 12.2 Å². The minimum absolute atomic E-state index is 0.143. The number of alkyl halides is 1. The fourth-order valence-corrected chi connectivity index (χ4v) is 2.63. The number of hydrogen-bond donors (Lipinski definition) is 2. The number of nitrogens with one attached hydrogen (secondary N) is 2. The molecule has 1 aliphatic rings. The van der Waals surface area contributed by atoms with Crippen LogP contribution in [0.4, 0.5) is 15.0 Å². The quantitative estimate of drug-likeness (QED) is 0.872. The predicted molar refractivity (Wildman–Crippen MR) is 81.6 cm³/mol. The third kappa shape index (κ3) is 3.97. The predicted octanol–water partition coefficient (Wildman–Crippen LogP) is 1.49. The molecule has 1 aliphatic heterocycles. The summed E-state index contributed by atoms with van der Waals surface area (Å²) in [5.41, 5.74) is 0. The van der Waals surface area contributed by atoms with Gasteiger partial charge in [-0.2, -0.15) is 5.10 Å². The van der Waals surface area contributed by atoms with E-state index < -0.39 is 6.17 Å². The minimum Gasteiger partial charge on any atom is -0.467 e. The number of carbonyl (C=O) groups excluding carboxylic acids is 1. The number of nitrogens with zero attached hydrogens (tertiary/aromatic N) is 3. The van der Waals surface area contributed by atoms with Crippen LogP contribution in [0, 0.1) is 0 Å². The Morgan fingerprint density at radius 2 is 2.30 bits per heavy atom. The Morgan fingerprint density at radius 1 is 1.39 bits per heavy atom. The highest BCUT2D eigenvalue weighted by Gasteiger charge is 2.33. The van der Waals surface area contributed by atoms with Crippen LogP contribution >= 0.6 is 0 Å². The van der Waals surface area contributed by atoms with Crippen LogP contribution in [-0.4, -0.2) is 41.5 Å². The summed E-state index contributed by atoms with van der Waals surface area (Å²) in [5, 5.41) is 13.3. The first-order valence-electron chi connectivity index (χ1n) is 7.45. The molecule has 0 spiro atoms. The molecule has 0 aliphatic carbocycles. The summed E-state index contributed by atoms with van der Waals surface area (Å²) < 4.78 is 18.9. The summed E-state index contributed by atoms with van der Waals surface area (Å²) in [6.07, 6.45) is 2.54. The Bertz CT molecular complexity index is 622. The van der Waals surface area contributed by atoms with Gasteiger partial charge < -0.3 is 20.0 Å². The molecule has 0 unspecified atom stereocenters. The first kappa shape index (κ1) is 15.3. The Hall–Kier alpha value is -2.64. The average molecular weight is 319 g/mol. The number of rotatable bonds is 5. The molecule has 23 heavy (non-hydrogen) atoms. The molecule has 2 N–H and O–H groups in total. The molecule has 3 heterocycles.